The number of furan rings is 1. The van der Waals surface area contributed by atoms with Crippen LogP contribution in [-0.2, 0) is 0 Å². The van der Waals surface area contributed by atoms with Gasteiger partial charge in [0.05, 0.1) is 16.1 Å². The van der Waals surface area contributed by atoms with Crippen LogP contribution in [-0.4, -0.2) is 0 Å². The Morgan fingerprint density at radius 2 is 0.903 bits per heavy atom. The lowest BCUT2D eigenvalue weighted by atomic mass is 9.96. The van der Waals surface area contributed by atoms with Crippen LogP contribution in [0.3, 0.4) is 0 Å². The lowest BCUT2D eigenvalue weighted by molar-refractivity contribution is 0.673. The summed E-state index contributed by atoms with van der Waals surface area (Å²) in [7, 11) is 0. The van der Waals surface area contributed by atoms with E-state index in [2.05, 4.69) is 217 Å². The molecule has 0 atom stereocenters. The van der Waals surface area contributed by atoms with Crippen LogP contribution in [0.2, 0.25) is 0 Å². The molecule has 0 bridgehead atoms. The summed E-state index contributed by atoms with van der Waals surface area (Å²) >= 11 is 3.72. The zero-order chi connectivity index (χ0) is 40.7. The highest BCUT2D eigenvalue weighted by molar-refractivity contribution is 7.26. The molecule has 290 valence electrons. The third-order valence-corrected chi connectivity index (χ3v) is 14.9. The second-order valence-electron chi connectivity index (χ2n) is 16.0. The van der Waals surface area contributed by atoms with Gasteiger partial charge in [0, 0.05) is 57.5 Å². The van der Waals surface area contributed by atoms with Gasteiger partial charge in [-0.05, 0) is 87.3 Å². The van der Waals surface area contributed by atoms with Gasteiger partial charge in [0.1, 0.15) is 5.58 Å². The number of rotatable bonds is 6. The van der Waals surface area contributed by atoms with Crippen LogP contribution < -0.4 is 4.90 Å². The predicted octanol–water partition coefficient (Wildman–Crippen LogP) is 17.9. The van der Waals surface area contributed by atoms with Crippen molar-refractivity contribution in [2.75, 3.05) is 4.90 Å². The first-order valence-corrected chi connectivity index (χ1v) is 22.6. The lowest BCUT2D eigenvalue weighted by Crippen LogP contribution is -2.10. The average molecular weight is 826 g/mol. The lowest BCUT2D eigenvalue weighted by Gasteiger charge is -2.27. The predicted molar refractivity (Wildman–Crippen MR) is 268 cm³/mol. The van der Waals surface area contributed by atoms with Crippen molar-refractivity contribution in [3.63, 3.8) is 0 Å². The van der Waals surface area contributed by atoms with Crippen molar-refractivity contribution in [2.24, 2.45) is 0 Å². The van der Waals surface area contributed by atoms with Crippen LogP contribution in [0.1, 0.15) is 0 Å². The van der Waals surface area contributed by atoms with Gasteiger partial charge in [0.25, 0.3) is 0 Å². The van der Waals surface area contributed by atoms with Gasteiger partial charge in [-0.1, -0.05) is 164 Å². The fourth-order valence-corrected chi connectivity index (χ4v) is 11.9. The molecule has 0 aliphatic carbocycles. The summed E-state index contributed by atoms with van der Waals surface area (Å²) < 4.78 is 12.3. The number of fused-ring (bicyclic) bond motifs is 11. The van der Waals surface area contributed by atoms with Crippen molar-refractivity contribution >= 4 is 113 Å². The number of hydrogen-bond acceptors (Lipinski definition) is 4. The molecule has 3 heterocycles. The second kappa shape index (κ2) is 14.0. The molecule has 10 aromatic carbocycles. The van der Waals surface area contributed by atoms with Gasteiger partial charge in [-0.3, -0.25) is 0 Å². The summed E-state index contributed by atoms with van der Waals surface area (Å²) in [5, 5.41) is 9.62. The first kappa shape index (κ1) is 35.3. The Labute approximate surface area is 365 Å². The minimum atomic E-state index is 0.860. The molecule has 62 heavy (non-hydrogen) atoms. The van der Waals surface area contributed by atoms with E-state index in [1.807, 2.05) is 22.7 Å². The molecule has 0 saturated heterocycles. The molecule has 13 aromatic rings. The molecule has 0 amide bonds. The van der Waals surface area contributed by atoms with E-state index in [1.165, 1.54) is 62.6 Å². The van der Waals surface area contributed by atoms with Crippen molar-refractivity contribution in [2.45, 2.75) is 0 Å². The Morgan fingerprint density at radius 3 is 1.68 bits per heavy atom. The maximum Gasteiger partial charge on any atom is 0.159 e. The van der Waals surface area contributed by atoms with Crippen LogP contribution in [0.5, 0.6) is 0 Å². The van der Waals surface area contributed by atoms with Crippen molar-refractivity contribution in [3.05, 3.63) is 212 Å². The molecular weight excluding hydrogens is 791 g/mol. The molecule has 0 saturated carbocycles. The first-order chi connectivity index (χ1) is 30.7. The van der Waals surface area contributed by atoms with Crippen LogP contribution in [0.25, 0.3) is 106 Å². The Kier molecular flexibility index (Phi) is 7.99. The molecule has 0 aliphatic rings. The molecular formula is C58H35NOS2. The van der Waals surface area contributed by atoms with E-state index in [0.717, 1.165) is 60.9 Å². The zero-order valence-electron chi connectivity index (χ0n) is 33.4. The van der Waals surface area contributed by atoms with Crippen LogP contribution in [0.15, 0.2) is 217 Å². The molecule has 0 radical (unpaired) electrons. The Balaban J connectivity index is 1.06. The number of thiophene rings is 2. The molecule has 3 aromatic heterocycles. The van der Waals surface area contributed by atoms with Gasteiger partial charge in [-0.2, -0.15) is 0 Å². The SMILES string of the molecule is c1ccc(-c2ccc(N(c3cc(-c4ccc(-c5cccc6c5sc5ccccc56)cc4)cc4c3oc3c5ccccc5ccc43)c3cccc4c3sc3ccccc34)cc2)cc1. The number of benzene rings is 10. The van der Waals surface area contributed by atoms with Crippen molar-refractivity contribution in [1.82, 2.24) is 0 Å². The topological polar surface area (TPSA) is 16.4 Å². The number of anilines is 3. The minimum absolute atomic E-state index is 0.860. The first-order valence-electron chi connectivity index (χ1n) is 21.0. The van der Waals surface area contributed by atoms with E-state index in [-0.39, 0.29) is 0 Å². The zero-order valence-corrected chi connectivity index (χ0v) is 35.0. The molecule has 13 rings (SSSR count). The summed E-state index contributed by atoms with van der Waals surface area (Å²) in [5.74, 6) is 0. The van der Waals surface area contributed by atoms with Gasteiger partial charge in [0.2, 0.25) is 0 Å². The van der Waals surface area contributed by atoms with E-state index >= 15 is 0 Å². The van der Waals surface area contributed by atoms with Crippen LogP contribution in [0, 0.1) is 0 Å². The highest BCUT2D eigenvalue weighted by atomic mass is 32.1. The fourth-order valence-electron chi connectivity index (χ4n) is 9.49. The van der Waals surface area contributed by atoms with E-state index in [1.54, 1.807) is 0 Å². The summed E-state index contributed by atoms with van der Waals surface area (Å²) in [6.45, 7) is 0. The average Bonchev–Trinajstić information content (AvgIpc) is 4.04. The quantitative estimate of drug-likeness (QED) is 0.166. The molecule has 2 nitrogen and oxygen atoms in total. The monoisotopic (exact) mass is 825 g/mol. The summed E-state index contributed by atoms with van der Waals surface area (Å²) in [5.41, 5.74) is 12.1. The number of hydrogen-bond donors (Lipinski definition) is 0. The Hall–Kier alpha value is -7.50. The van der Waals surface area contributed by atoms with Crippen molar-refractivity contribution in [3.8, 4) is 33.4 Å². The highest BCUT2D eigenvalue weighted by Crippen LogP contribution is 2.50. The molecule has 0 aliphatic heterocycles. The van der Waals surface area contributed by atoms with E-state index in [9.17, 15) is 0 Å². The number of nitrogens with zero attached hydrogens (tertiary/aromatic N) is 1. The minimum Gasteiger partial charge on any atom is -0.453 e. The van der Waals surface area contributed by atoms with Crippen LogP contribution >= 0.6 is 22.7 Å². The fraction of sp³-hybridized carbons (Fsp3) is 0. The molecule has 4 heteroatoms. The van der Waals surface area contributed by atoms with Gasteiger partial charge in [0.15, 0.2) is 5.58 Å². The van der Waals surface area contributed by atoms with Crippen molar-refractivity contribution in [1.29, 1.82) is 0 Å². The summed E-state index contributed by atoms with van der Waals surface area (Å²) in [6, 6.07) is 77.3. The summed E-state index contributed by atoms with van der Waals surface area (Å²) in [4.78, 5) is 2.43. The van der Waals surface area contributed by atoms with Gasteiger partial charge in [-0.15, -0.1) is 22.7 Å². The van der Waals surface area contributed by atoms with Crippen molar-refractivity contribution < 1.29 is 4.42 Å². The van der Waals surface area contributed by atoms with Gasteiger partial charge >= 0.3 is 0 Å². The Morgan fingerprint density at radius 1 is 0.323 bits per heavy atom. The molecule has 0 fully saturated rings. The third-order valence-electron chi connectivity index (χ3n) is 12.5. The highest BCUT2D eigenvalue weighted by Gasteiger charge is 2.25. The molecule has 0 N–H and O–H groups in total. The van der Waals surface area contributed by atoms with Crippen LogP contribution in [0.4, 0.5) is 17.1 Å². The normalized spacial score (nSPS) is 11.9. The Bertz CT molecular complexity index is 3860. The molecule has 0 spiro atoms. The molecule has 0 unspecified atom stereocenters. The van der Waals surface area contributed by atoms with Gasteiger partial charge in [-0.25, -0.2) is 0 Å². The van der Waals surface area contributed by atoms with E-state index < -0.39 is 0 Å². The largest absolute Gasteiger partial charge is 0.453 e. The second-order valence-corrected chi connectivity index (χ2v) is 18.1. The standard InChI is InChI=1S/C58H35NOS2/c1-2-12-36(13-3-1)37-28-31-42(32-29-37)59(51-21-11-20-49-46-17-7-9-23-54(46)62-58(49)51)52-35-41(34-50-47-33-30-39-14-4-5-15-43(39)55(47)60-56(50)52)38-24-26-40(27-25-38)44-18-10-19-48-45-16-6-8-22-53(45)61-57(44)48/h1-35H. The summed E-state index contributed by atoms with van der Waals surface area (Å²) in [6.07, 6.45) is 0. The third kappa shape index (κ3) is 5.54. The maximum atomic E-state index is 7.18. The van der Waals surface area contributed by atoms with E-state index in [0.29, 0.717) is 0 Å². The maximum absolute atomic E-state index is 7.18. The van der Waals surface area contributed by atoms with Gasteiger partial charge < -0.3 is 9.32 Å². The van der Waals surface area contributed by atoms with E-state index in [4.69, 9.17) is 4.42 Å². The smallest absolute Gasteiger partial charge is 0.159 e.